The Kier molecular flexibility index (Phi) is 3.92. The number of carbonyl (C=O) groups is 2. The van der Waals surface area contributed by atoms with Gasteiger partial charge in [0.1, 0.15) is 0 Å². The monoisotopic (exact) mass is 289 g/mol. The SMILES string of the molecule is O=C(O)C1COCCN1C(=O)c1ccc(C2CCC2)cc1. The van der Waals surface area contributed by atoms with E-state index in [4.69, 9.17) is 4.74 Å². The fraction of sp³-hybridized carbons (Fsp3) is 0.500. The van der Waals surface area contributed by atoms with E-state index >= 15 is 0 Å². The topological polar surface area (TPSA) is 66.8 Å². The Balaban J connectivity index is 1.75. The molecule has 0 spiro atoms. The van der Waals surface area contributed by atoms with Gasteiger partial charge in [-0.2, -0.15) is 0 Å². The van der Waals surface area contributed by atoms with Crippen LogP contribution in [0.15, 0.2) is 24.3 Å². The van der Waals surface area contributed by atoms with E-state index in [1.807, 2.05) is 24.3 Å². The third-order valence-electron chi connectivity index (χ3n) is 4.41. The van der Waals surface area contributed by atoms with Gasteiger partial charge in [-0.3, -0.25) is 4.79 Å². The Labute approximate surface area is 123 Å². The van der Waals surface area contributed by atoms with Gasteiger partial charge in [0.15, 0.2) is 6.04 Å². The summed E-state index contributed by atoms with van der Waals surface area (Å²) in [7, 11) is 0. The maximum absolute atomic E-state index is 12.5. The Bertz CT molecular complexity index is 536. The molecule has 21 heavy (non-hydrogen) atoms. The highest BCUT2D eigenvalue weighted by Crippen LogP contribution is 2.36. The highest BCUT2D eigenvalue weighted by Gasteiger charge is 2.33. The Morgan fingerprint density at radius 1 is 1.19 bits per heavy atom. The molecule has 112 valence electrons. The lowest BCUT2D eigenvalue weighted by Crippen LogP contribution is -2.52. The van der Waals surface area contributed by atoms with Crippen molar-refractivity contribution < 1.29 is 19.4 Å². The largest absolute Gasteiger partial charge is 0.480 e. The molecule has 1 N–H and O–H groups in total. The van der Waals surface area contributed by atoms with Gasteiger partial charge in [-0.05, 0) is 36.5 Å². The fourth-order valence-electron chi connectivity index (χ4n) is 2.86. The molecule has 0 bridgehead atoms. The van der Waals surface area contributed by atoms with Crippen molar-refractivity contribution in [2.45, 2.75) is 31.2 Å². The van der Waals surface area contributed by atoms with E-state index in [1.165, 1.54) is 29.7 Å². The van der Waals surface area contributed by atoms with Gasteiger partial charge in [0.25, 0.3) is 5.91 Å². The summed E-state index contributed by atoms with van der Waals surface area (Å²) in [6.07, 6.45) is 3.72. The van der Waals surface area contributed by atoms with E-state index in [9.17, 15) is 14.7 Å². The van der Waals surface area contributed by atoms with E-state index in [1.54, 1.807) is 0 Å². The number of carboxylic acid groups (broad SMARTS) is 1. The zero-order valence-corrected chi connectivity index (χ0v) is 11.8. The number of carboxylic acids is 1. The predicted molar refractivity (Wildman–Crippen MR) is 76.3 cm³/mol. The lowest BCUT2D eigenvalue weighted by atomic mass is 9.80. The Morgan fingerprint density at radius 3 is 2.48 bits per heavy atom. The van der Waals surface area contributed by atoms with Crippen molar-refractivity contribution in [3.8, 4) is 0 Å². The highest BCUT2D eigenvalue weighted by atomic mass is 16.5. The second kappa shape index (κ2) is 5.85. The summed E-state index contributed by atoms with van der Waals surface area (Å²) in [6.45, 7) is 0.761. The number of hydrogen-bond acceptors (Lipinski definition) is 3. The Hall–Kier alpha value is -1.88. The van der Waals surface area contributed by atoms with Crippen molar-refractivity contribution >= 4 is 11.9 Å². The average Bonchev–Trinajstić information content (AvgIpc) is 2.45. The molecule has 0 aromatic heterocycles. The van der Waals surface area contributed by atoms with Crippen LogP contribution in [0.25, 0.3) is 0 Å². The molecule has 1 unspecified atom stereocenters. The van der Waals surface area contributed by atoms with Crippen molar-refractivity contribution in [1.82, 2.24) is 4.90 Å². The number of aliphatic carboxylic acids is 1. The number of ether oxygens (including phenoxy) is 1. The number of nitrogens with zero attached hydrogens (tertiary/aromatic N) is 1. The lowest BCUT2D eigenvalue weighted by Gasteiger charge is -2.33. The molecule has 1 saturated carbocycles. The first kappa shape index (κ1) is 14.1. The minimum Gasteiger partial charge on any atom is -0.480 e. The standard InChI is InChI=1S/C16H19NO4/c18-15(17-8-9-21-10-14(17)16(19)20)13-6-4-12(5-7-13)11-2-1-3-11/h4-7,11,14H,1-3,8-10H2,(H,19,20). The van der Waals surface area contributed by atoms with E-state index in [0.29, 0.717) is 24.6 Å². The van der Waals surface area contributed by atoms with Gasteiger partial charge < -0.3 is 14.7 Å². The molecule has 1 aliphatic heterocycles. The van der Waals surface area contributed by atoms with Gasteiger partial charge in [0.05, 0.1) is 13.2 Å². The zero-order chi connectivity index (χ0) is 14.8. The molecule has 2 fully saturated rings. The predicted octanol–water partition coefficient (Wildman–Crippen LogP) is 1.88. The smallest absolute Gasteiger partial charge is 0.328 e. The van der Waals surface area contributed by atoms with Gasteiger partial charge in [0.2, 0.25) is 0 Å². The van der Waals surface area contributed by atoms with Crippen molar-refractivity contribution in [2.24, 2.45) is 0 Å². The second-order valence-corrected chi connectivity index (χ2v) is 5.68. The summed E-state index contributed by atoms with van der Waals surface area (Å²) in [5, 5.41) is 9.19. The van der Waals surface area contributed by atoms with Crippen LogP contribution in [0, 0.1) is 0 Å². The van der Waals surface area contributed by atoms with Crippen LogP contribution in [0.1, 0.15) is 41.1 Å². The molecule has 1 amide bonds. The van der Waals surface area contributed by atoms with E-state index < -0.39 is 12.0 Å². The van der Waals surface area contributed by atoms with Gasteiger partial charge in [-0.1, -0.05) is 18.6 Å². The zero-order valence-electron chi connectivity index (χ0n) is 11.8. The van der Waals surface area contributed by atoms with Crippen LogP contribution >= 0.6 is 0 Å². The minimum absolute atomic E-state index is 0.0568. The van der Waals surface area contributed by atoms with Crippen LogP contribution in [-0.4, -0.2) is 47.7 Å². The summed E-state index contributed by atoms with van der Waals surface area (Å²) in [5.74, 6) is -0.621. The molecule has 3 rings (SSSR count). The number of amides is 1. The van der Waals surface area contributed by atoms with Crippen LogP contribution in [-0.2, 0) is 9.53 Å². The van der Waals surface area contributed by atoms with Gasteiger partial charge >= 0.3 is 5.97 Å². The van der Waals surface area contributed by atoms with E-state index in [2.05, 4.69) is 0 Å². The molecule has 5 nitrogen and oxygen atoms in total. The maximum Gasteiger partial charge on any atom is 0.328 e. The van der Waals surface area contributed by atoms with Crippen LogP contribution in [0.4, 0.5) is 0 Å². The molecule has 1 aromatic rings. The van der Waals surface area contributed by atoms with Gasteiger partial charge in [-0.15, -0.1) is 0 Å². The quantitative estimate of drug-likeness (QED) is 0.922. The number of hydrogen-bond donors (Lipinski definition) is 1. The number of rotatable bonds is 3. The first-order valence-corrected chi connectivity index (χ1v) is 7.38. The molecule has 5 heteroatoms. The normalized spacial score (nSPS) is 22.7. The number of carbonyl (C=O) groups excluding carboxylic acids is 1. The molecule has 2 aliphatic rings. The van der Waals surface area contributed by atoms with E-state index in [0.717, 1.165) is 0 Å². The average molecular weight is 289 g/mol. The molecule has 1 heterocycles. The molecule has 1 atom stereocenters. The van der Waals surface area contributed by atoms with Crippen molar-refractivity contribution in [3.05, 3.63) is 35.4 Å². The molecule has 1 saturated heterocycles. The summed E-state index contributed by atoms with van der Waals surface area (Å²) < 4.78 is 5.16. The first-order chi connectivity index (χ1) is 10.2. The third-order valence-corrected chi connectivity index (χ3v) is 4.41. The lowest BCUT2D eigenvalue weighted by molar-refractivity contribution is -0.147. The molecule has 0 radical (unpaired) electrons. The van der Waals surface area contributed by atoms with Crippen LogP contribution in [0.2, 0.25) is 0 Å². The first-order valence-electron chi connectivity index (χ1n) is 7.38. The second-order valence-electron chi connectivity index (χ2n) is 5.68. The van der Waals surface area contributed by atoms with Crippen LogP contribution in [0.3, 0.4) is 0 Å². The summed E-state index contributed by atoms with van der Waals surface area (Å²) in [5.41, 5.74) is 1.82. The molecule has 1 aliphatic carbocycles. The van der Waals surface area contributed by atoms with Gasteiger partial charge in [-0.25, -0.2) is 4.79 Å². The Morgan fingerprint density at radius 2 is 1.90 bits per heavy atom. The van der Waals surface area contributed by atoms with Crippen molar-refractivity contribution in [3.63, 3.8) is 0 Å². The fourth-order valence-corrected chi connectivity index (χ4v) is 2.86. The summed E-state index contributed by atoms with van der Waals surface area (Å²) >= 11 is 0. The number of morpholine rings is 1. The molecular weight excluding hydrogens is 270 g/mol. The minimum atomic E-state index is -1.02. The summed E-state index contributed by atoms with van der Waals surface area (Å²) in [6, 6.07) is 6.72. The number of benzene rings is 1. The van der Waals surface area contributed by atoms with Crippen molar-refractivity contribution in [2.75, 3.05) is 19.8 Å². The maximum atomic E-state index is 12.5. The van der Waals surface area contributed by atoms with Crippen LogP contribution < -0.4 is 0 Å². The molecule has 1 aromatic carbocycles. The third kappa shape index (κ3) is 2.78. The van der Waals surface area contributed by atoms with Crippen LogP contribution in [0.5, 0.6) is 0 Å². The van der Waals surface area contributed by atoms with Crippen molar-refractivity contribution in [1.29, 1.82) is 0 Å². The molecular formula is C16H19NO4. The summed E-state index contributed by atoms with van der Waals surface area (Å²) in [4.78, 5) is 25.1. The van der Waals surface area contributed by atoms with E-state index in [-0.39, 0.29) is 12.5 Å². The van der Waals surface area contributed by atoms with Gasteiger partial charge in [0, 0.05) is 12.1 Å². The highest BCUT2D eigenvalue weighted by molar-refractivity contribution is 5.96.